The number of nitrogens with zero attached hydrogens (tertiary/aromatic N) is 3. The van der Waals surface area contributed by atoms with Crippen LogP contribution in [0.5, 0.6) is 0 Å². The van der Waals surface area contributed by atoms with Crippen LogP contribution >= 0.6 is 0 Å². The summed E-state index contributed by atoms with van der Waals surface area (Å²) in [6.07, 6.45) is -6.88. The van der Waals surface area contributed by atoms with Gasteiger partial charge in [-0.05, 0) is 31.5 Å². The molecule has 6 nitrogen and oxygen atoms in total. The quantitative estimate of drug-likeness (QED) is 0.663. The van der Waals surface area contributed by atoms with Gasteiger partial charge in [-0.1, -0.05) is 6.92 Å². The minimum Gasteiger partial charge on any atom is -0.345 e. The van der Waals surface area contributed by atoms with Crippen LogP contribution in [0.2, 0.25) is 0 Å². The Morgan fingerprint density at radius 2 is 2.11 bits per heavy atom. The maximum atomic E-state index is 12.5. The molecule has 3 aromatic rings. The molecule has 0 spiro atoms. The molecule has 1 atom stereocenters. The number of nitrogens with one attached hydrogen (secondary N) is 2. The smallest absolute Gasteiger partial charge is 0.345 e. The molecule has 0 aliphatic carbocycles. The third kappa shape index (κ3) is 4.29. The Morgan fingerprint density at radius 1 is 1.32 bits per heavy atom. The number of aromatic amines is 2. The fourth-order valence-corrected chi connectivity index (χ4v) is 2.62. The Bertz CT molecular complexity index is 1250. The van der Waals surface area contributed by atoms with Gasteiger partial charge in [0.15, 0.2) is 5.78 Å². The fraction of sp³-hybridized carbons (Fsp3) is 0.368. The summed E-state index contributed by atoms with van der Waals surface area (Å²) in [7, 11) is 0. The Kier molecular flexibility index (Phi) is 4.06. The molecule has 3 aromatic heterocycles. The Balaban J connectivity index is 2.12. The molecule has 3 heterocycles. The molecule has 0 aromatic carbocycles. The molecule has 0 amide bonds. The SMILES string of the molecule is [2H]c1cc(=N[C@](C)(CC)C(=O)CCC(F)(F)F)[nH]c(-c2c([2H])[nH]c3nc([2H])cc([2H])c23)n1. The van der Waals surface area contributed by atoms with Gasteiger partial charge in [0.25, 0.3) is 0 Å². The molecule has 0 aliphatic heterocycles. The summed E-state index contributed by atoms with van der Waals surface area (Å²) in [4.78, 5) is 30.2. The van der Waals surface area contributed by atoms with Gasteiger partial charge in [0.2, 0.25) is 0 Å². The van der Waals surface area contributed by atoms with Gasteiger partial charge in [-0.3, -0.25) is 9.79 Å². The van der Waals surface area contributed by atoms with Gasteiger partial charge in [0.1, 0.15) is 22.5 Å². The van der Waals surface area contributed by atoms with Crippen molar-refractivity contribution in [3.63, 3.8) is 0 Å². The lowest BCUT2D eigenvalue weighted by molar-refractivity contribution is -0.145. The number of rotatable bonds is 6. The molecule has 0 radical (unpaired) electrons. The van der Waals surface area contributed by atoms with E-state index in [1.165, 1.54) is 19.1 Å². The average molecular weight is 395 g/mol. The van der Waals surface area contributed by atoms with Crippen molar-refractivity contribution in [2.45, 2.75) is 44.8 Å². The maximum Gasteiger partial charge on any atom is 0.389 e. The van der Waals surface area contributed by atoms with Crippen molar-refractivity contribution in [3.05, 3.63) is 42.2 Å². The van der Waals surface area contributed by atoms with Crippen LogP contribution in [-0.2, 0) is 4.79 Å². The molecule has 0 fully saturated rings. The average Bonchev–Trinajstić information content (AvgIpc) is 3.00. The highest BCUT2D eigenvalue weighted by atomic mass is 19.4. The van der Waals surface area contributed by atoms with Crippen molar-refractivity contribution in [2.24, 2.45) is 4.99 Å². The highest BCUT2D eigenvalue weighted by Gasteiger charge is 2.34. The van der Waals surface area contributed by atoms with Gasteiger partial charge >= 0.3 is 6.18 Å². The van der Waals surface area contributed by atoms with Crippen LogP contribution in [0.15, 0.2) is 41.7 Å². The Labute approximate surface area is 164 Å². The monoisotopic (exact) mass is 395 g/mol. The van der Waals surface area contributed by atoms with Gasteiger partial charge in [0, 0.05) is 35.9 Å². The lowest BCUT2D eigenvalue weighted by atomic mass is 9.91. The van der Waals surface area contributed by atoms with Crippen LogP contribution in [0.3, 0.4) is 0 Å². The van der Waals surface area contributed by atoms with E-state index in [1.54, 1.807) is 6.92 Å². The summed E-state index contributed by atoms with van der Waals surface area (Å²) in [6.45, 7) is 3.04. The van der Waals surface area contributed by atoms with Crippen molar-refractivity contribution < 1.29 is 23.4 Å². The molecule has 0 saturated carbocycles. The first-order chi connectivity index (χ1) is 14.8. The molecule has 9 heteroatoms. The number of H-pyrrole nitrogens is 2. The third-order valence-corrected chi connectivity index (χ3v) is 4.40. The van der Waals surface area contributed by atoms with E-state index in [0.717, 1.165) is 0 Å². The molecular weight excluding hydrogens is 371 g/mol. The van der Waals surface area contributed by atoms with Crippen LogP contribution in [0.25, 0.3) is 22.4 Å². The number of Topliss-reactive ketones (excluding diaryl/α,β-unsaturated/α-hetero) is 1. The highest BCUT2D eigenvalue weighted by molar-refractivity contribution is 5.91. The summed E-state index contributed by atoms with van der Waals surface area (Å²) in [6, 6.07) is 2.34. The molecule has 0 aliphatic rings. The first-order valence-corrected chi connectivity index (χ1v) is 8.54. The number of pyridine rings is 1. The number of halogens is 3. The number of carbonyl (C=O) groups is 1. The van der Waals surface area contributed by atoms with Crippen molar-refractivity contribution in [2.75, 3.05) is 0 Å². The number of hydrogen-bond acceptors (Lipinski definition) is 4. The largest absolute Gasteiger partial charge is 0.389 e. The van der Waals surface area contributed by atoms with Crippen molar-refractivity contribution in [1.82, 2.24) is 19.9 Å². The number of hydrogen-bond donors (Lipinski definition) is 2. The topological polar surface area (TPSA) is 86.8 Å². The first-order valence-electron chi connectivity index (χ1n) is 10.5. The van der Waals surface area contributed by atoms with E-state index in [1.807, 2.05) is 0 Å². The predicted molar refractivity (Wildman–Crippen MR) is 98.2 cm³/mol. The summed E-state index contributed by atoms with van der Waals surface area (Å²) in [5.74, 6) is -0.689. The molecule has 0 unspecified atom stereocenters. The van der Waals surface area contributed by atoms with E-state index >= 15 is 0 Å². The van der Waals surface area contributed by atoms with Gasteiger partial charge in [-0.15, -0.1) is 0 Å². The molecule has 0 bridgehead atoms. The van der Waals surface area contributed by atoms with Crippen LogP contribution in [-0.4, -0.2) is 37.4 Å². The van der Waals surface area contributed by atoms with Crippen LogP contribution in [0, 0.1) is 0 Å². The van der Waals surface area contributed by atoms with Crippen molar-refractivity contribution >= 4 is 16.8 Å². The minimum atomic E-state index is -4.46. The Hall–Kier alpha value is -2.97. The van der Waals surface area contributed by atoms with E-state index in [-0.39, 0.29) is 58.9 Å². The normalized spacial score (nSPS) is 17.0. The Morgan fingerprint density at radius 3 is 2.82 bits per heavy atom. The molecule has 148 valence electrons. The number of aromatic nitrogens is 4. The van der Waals surface area contributed by atoms with Crippen LogP contribution < -0.4 is 5.49 Å². The lowest BCUT2D eigenvalue weighted by Crippen LogP contribution is -2.36. The molecular formula is C19H20F3N5O. The molecule has 28 heavy (non-hydrogen) atoms. The highest BCUT2D eigenvalue weighted by Crippen LogP contribution is 2.26. The van der Waals surface area contributed by atoms with E-state index in [0.29, 0.717) is 0 Å². The second-order valence-corrected chi connectivity index (χ2v) is 6.40. The summed E-state index contributed by atoms with van der Waals surface area (Å²) < 4.78 is 69.6. The summed E-state index contributed by atoms with van der Waals surface area (Å²) in [5, 5.41) is 0.214. The van der Waals surface area contributed by atoms with E-state index in [9.17, 15) is 18.0 Å². The van der Waals surface area contributed by atoms with Crippen LogP contribution in [0.1, 0.15) is 38.6 Å². The maximum absolute atomic E-state index is 12.5. The van der Waals surface area contributed by atoms with E-state index in [2.05, 4.69) is 24.9 Å². The number of carbonyl (C=O) groups excluding carboxylic acids is 1. The van der Waals surface area contributed by atoms with Crippen molar-refractivity contribution in [1.29, 1.82) is 0 Å². The molecule has 0 saturated heterocycles. The van der Waals surface area contributed by atoms with Gasteiger partial charge < -0.3 is 9.97 Å². The van der Waals surface area contributed by atoms with Gasteiger partial charge in [-0.2, -0.15) is 13.2 Å². The van der Waals surface area contributed by atoms with Gasteiger partial charge in [0.05, 0.1) is 11.9 Å². The zero-order valence-corrected chi connectivity index (χ0v) is 15.2. The zero-order valence-electron chi connectivity index (χ0n) is 19.2. The fourth-order valence-electron chi connectivity index (χ4n) is 2.62. The number of alkyl halides is 3. The number of fused-ring (bicyclic) bond motifs is 1. The lowest BCUT2D eigenvalue weighted by Gasteiger charge is -2.22. The summed E-state index contributed by atoms with van der Waals surface area (Å²) >= 11 is 0. The second kappa shape index (κ2) is 7.57. The van der Waals surface area contributed by atoms with Crippen molar-refractivity contribution in [3.8, 4) is 11.4 Å². The van der Waals surface area contributed by atoms with E-state index < -0.39 is 30.3 Å². The standard InChI is InChI=1S/C19H20F3N5O/c1-3-18(2,14(28)6-8-19(20,21)22)27-15-7-10-24-17(26-15)13-11-25-16-12(13)5-4-9-23-16/h4-5,7,9-11H,3,6,8H2,1-2H3,(H,23,25)(H,24,26,27)/t18-/m1/s1/i5D,9D,10D,11D. The predicted octanol–water partition coefficient (Wildman–Crippen LogP) is 3.93. The summed E-state index contributed by atoms with van der Waals surface area (Å²) in [5.41, 5.74) is -1.17. The molecule has 3 rings (SSSR count). The third-order valence-electron chi connectivity index (χ3n) is 4.40. The van der Waals surface area contributed by atoms with Gasteiger partial charge in [-0.25, -0.2) is 9.97 Å². The number of ketones is 1. The molecule has 2 N–H and O–H groups in total. The zero-order chi connectivity index (χ0) is 23.8. The first kappa shape index (κ1) is 15.0. The second-order valence-electron chi connectivity index (χ2n) is 6.40. The van der Waals surface area contributed by atoms with E-state index in [4.69, 9.17) is 5.48 Å². The minimum absolute atomic E-state index is 0.00160. The van der Waals surface area contributed by atoms with Crippen LogP contribution in [0.4, 0.5) is 13.2 Å².